The van der Waals surface area contributed by atoms with Crippen molar-refractivity contribution in [2.24, 2.45) is 0 Å². The Bertz CT molecular complexity index is 1050. The van der Waals surface area contributed by atoms with Crippen LogP contribution in [0.15, 0.2) is 53.0 Å². The number of nitrogens with zero attached hydrogens (tertiary/aromatic N) is 3. The lowest BCUT2D eigenvalue weighted by Crippen LogP contribution is -2.51. The van der Waals surface area contributed by atoms with Crippen LogP contribution in [0.4, 0.5) is 16.2 Å². The van der Waals surface area contributed by atoms with Crippen molar-refractivity contribution < 1.29 is 19.2 Å². The second-order valence-corrected chi connectivity index (χ2v) is 8.68. The topological polar surface area (TPSA) is 117 Å². The lowest BCUT2D eigenvalue weighted by Gasteiger charge is -2.37. The molecule has 10 nitrogen and oxygen atoms in total. The number of ether oxygens (including phenoxy) is 1. The number of rotatable bonds is 7. The number of urea groups is 1. The second kappa shape index (κ2) is 10.0. The monoisotopic (exact) mass is 471 g/mol. The summed E-state index contributed by atoms with van der Waals surface area (Å²) >= 11 is 1.47. The van der Waals surface area contributed by atoms with Gasteiger partial charge in [-0.3, -0.25) is 15.0 Å². The molecule has 1 saturated heterocycles. The number of carbonyl (C=O) groups is 2. The van der Waals surface area contributed by atoms with Gasteiger partial charge in [0.25, 0.3) is 5.69 Å². The Morgan fingerprint density at radius 3 is 2.55 bits per heavy atom. The molecule has 1 atom stereocenters. The minimum Gasteiger partial charge on any atom is -0.463 e. The quantitative estimate of drug-likeness (QED) is 0.362. The normalized spacial score (nSPS) is 19.1. The molecule has 1 fully saturated rings. The molecule has 2 N–H and O–H groups in total. The number of nitro groups is 1. The summed E-state index contributed by atoms with van der Waals surface area (Å²) in [5, 5.41) is 18.4. The van der Waals surface area contributed by atoms with Gasteiger partial charge < -0.3 is 20.3 Å². The third-order valence-electron chi connectivity index (χ3n) is 5.66. The highest BCUT2D eigenvalue weighted by Gasteiger charge is 2.35. The average Bonchev–Trinajstić information content (AvgIpc) is 3.34. The third-order valence-corrected chi connectivity index (χ3v) is 6.59. The summed E-state index contributed by atoms with van der Waals surface area (Å²) in [6, 6.07) is 9.41. The lowest BCUT2D eigenvalue weighted by molar-refractivity contribution is -0.384. The van der Waals surface area contributed by atoms with Gasteiger partial charge in [0.2, 0.25) is 0 Å². The van der Waals surface area contributed by atoms with E-state index < -0.39 is 16.9 Å². The molecule has 2 aliphatic heterocycles. The van der Waals surface area contributed by atoms with Gasteiger partial charge in [-0.15, -0.1) is 11.3 Å². The lowest BCUT2D eigenvalue weighted by atomic mass is 10.0. The number of benzene rings is 1. The molecule has 0 bridgehead atoms. The number of thiophene rings is 1. The Morgan fingerprint density at radius 1 is 1.21 bits per heavy atom. The van der Waals surface area contributed by atoms with E-state index in [-0.39, 0.29) is 18.3 Å². The summed E-state index contributed by atoms with van der Waals surface area (Å²) in [5.41, 5.74) is 1.98. The standard InChI is InChI=1S/C22H25N5O5S/c1-2-32-21(28)19-17(23-22(29)24-20(19)18-4-3-13-33-18)14-25-9-11-26(12-10-25)15-5-7-16(8-6-15)27(30)31/h3-8,13,20H,2,9-12,14H2,1H3,(H2,23,24,29)/t20-/m0/s1. The third kappa shape index (κ3) is 5.15. The van der Waals surface area contributed by atoms with Crippen molar-refractivity contribution in [2.75, 3.05) is 44.2 Å². The first-order valence-electron chi connectivity index (χ1n) is 10.7. The Morgan fingerprint density at radius 2 is 1.94 bits per heavy atom. The Balaban J connectivity index is 1.49. The van der Waals surface area contributed by atoms with Crippen molar-refractivity contribution in [1.82, 2.24) is 15.5 Å². The summed E-state index contributed by atoms with van der Waals surface area (Å²) in [6.07, 6.45) is 0. The van der Waals surface area contributed by atoms with Crippen LogP contribution in [-0.2, 0) is 9.53 Å². The Hall–Kier alpha value is -3.44. The van der Waals surface area contributed by atoms with Crippen LogP contribution in [0.3, 0.4) is 0 Å². The molecule has 2 amide bonds. The zero-order chi connectivity index (χ0) is 23.4. The zero-order valence-corrected chi connectivity index (χ0v) is 19.0. The molecule has 33 heavy (non-hydrogen) atoms. The maximum absolute atomic E-state index is 12.8. The minimum absolute atomic E-state index is 0.0674. The molecule has 0 aliphatic carbocycles. The highest BCUT2D eigenvalue weighted by molar-refractivity contribution is 7.10. The van der Waals surface area contributed by atoms with Gasteiger partial charge in [0, 0.05) is 61.1 Å². The van der Waals surface area contributed by atoms with Crippen molar-refractivity contribution >= 4 is 34.7 Å². The fourth-order valence-electron chi connectivity index (χ4n) is 4.03. The first-order chi connectivity index (χ1) is 16.0. The van der Waals surface area contributed by atoms with E-state index in [1.165, 1.54) is 23.5 Å². The number of nitro benzene ring substituents is 1. The van der Waals surface area contributed by atoms with E-state index >= 15 is 0 Å². The van der Waals surface area contributed by atoms with E-state index in [9.17, 15) is 19.7 Å². The number of non-ortho nitro benzene ring substituents is 1. The molecule has 4 rings (SSSR count). The maximum Gasteiger partial charge on any atom is 0.338 e. The van der Waals surface area contributed by atoms with E-state index in [1.54, 1.807) is 19.1 Å². The zero-order valence-electron chi connectivity index (χ0n) is 18.2. The number of carbonyl (C=O) groups excluding carboxylic acids is 2. The van der Waals surface area contributed by atoms with Crippen molar-refractivity contribution in [3.05, 3.63) is 68.0 Å². The van der Waals surface area contributed by atoms with Gasteiger partial charge in [-0.25, -0.2) is 9.59 Å². The van der Waals surface area contributed by atoms with E-state index in [4.69, 9.17) is 4.74 Å². The van der Waals surface area contributed by atoms with Crippen LogP contribution in [0.2, 0.25) is 0 Å². The molecular weight excluding hydrogens is 446 g/mol. The first-order valence-corrected chi connectivity index (χ1v) is 11.6. The molecule has 1 aromatic heterocycles. The smallest absolute Gasteiger partial charge is 0.338 e. The maximum atomic E-state index is 12.8. The highest BCUT2D eigenvalue weighted by Crippen LogP contribution is 2.31. The summed E-state index contributed by atoms with van der Waals surface area (Å²) in [5.74, 6) is -0.442. The summed E-state index contributed by atoms with van der Waals surface area (Å²) in [6.45, 7) is 5.28. The van der Waals surface area contributed by atoms with Gasteiger partial charge in [-0.2, -0.15) is 0 Å². The minimum atomic E-state index is -0.547. The molecule has 0 unspecified atom stereocenters. The SMILES string of the molecule is CCOC(=O)C1=C(CN2CCN(c3ccc([N+](=O)[O-])cc3)CC2)NC(=O)N[C@H]1c1cccs1. The molecule has 2 aliphatic rings. The van der Waals surface area contributed by atoms with Crippen molar-refractivity contribution in [2.45, 2.75) is 13.0 Å². The number of nitrogens with one attached hydrogen (secondary N) is 2. The van der Waals surface area contributed by atoms with Gasteiger partial charge in [0.15, 0.2) is 0 Å². The number of piperazine rings is 1. The number of esters is 1. The predicted octanol–water partition coefficient (Wildman–Crippen LogP) is 2.65. The van der Waals surface area contributed by atoms with Crippen LogP contribution in [0, 0.1) is 10.1 Å². The number of hydrogen-bond acceptors (Lipinski definition) is 8. The molecule has 11 heteroatoms. The summed E-state index contributed by atoms with van der Waals surface area (Å²) in [7, 11) is 0. The van der Waals surface area contributed by atoms with Crippen molar-refractivity contribution in [3.8, 4) is 0 Å². The fraction of sp³-hybridized carbons (Fsp3) is 0.364. The highest BCUT2D eigenvalue weighted by atomic mass is 32.1. The largest absolute Gasteiger partial charge is 0.463 e. The van der Waals surface area contributed by atoms with Gasteiger partial charge in [-0.05, 0) is 30.5 Å². The van der Waals surface area contributed by atoms with Gasteiger partial charge in [0.1, 0.15) is 0 Å². The molecule has 0 radical (unpaired) electrons. The Kier molecular flexibility index (Phi) is 6.90. The van der Waals surface area contributed by atoms with E-state index in [0.717, 1.165) is 23.7 Å². The predicted molar refractivity (Wildman–Crippen MR) is 124 cm³/mol. The van der Waals surface area contributed by atoms with Crippen LogP contribution in [0.5, 0.6) is 0 Å². The number of amides is 2. The molecule has 1 aromatic carbocycles. The van der Waals surface area contributed by atoms with Crippen molar-refractivity contribution in [1.29, 1.82) is 0 Å². The second-order valence-electron chi connectivity index (χ2n) is 7.70. The molecule has 0 saturated carbocycles. The summed E-state index contributed by atoms with van der Waals surface area (Å²) in [4.78, 5) is 40.9. The van der Waals surface area contributed by atoms with Crippen LogP contribution < -0.4 is 15.5 Å². The fourth-order valence-corrected chi connectivity index (χ4v) is 4.82. The Labute approximate surface area is 195 Å². The number of hydrogen-bond donors (Lipinski definition) is 2. The van der Waals surface area contributed by atoms with E-state index in [1.807, 2.05) is 17.5 Å². The summed E-state index contributed by atoms with van der Waals surface area (Å²) < 4.78 is 5.31. The van der Waals surface area contributed by atoms with Gasteiger partial charge >= 0.3 is 12.0 Å². The van der Waals surface area contributed by atoms with E-state index in [0.29, 0.717) is 30.9 Å². The molecule has 3 heterocycles. The number of anilines is 1. The van der Waals surface area contributed by atoms with E-state index in [2.05, 4.69) is 20.4 Å². The molecule has 2 aromatic rings. The van der Waals surface area contributed by atoms with Gasteiger partial charge in [0.05, 0.1) is 23.1 Å². The average molecular weight is 472 g/mol. The molecular formula is C22H25N5O5S. The van der Waals surface area contributed by atoms with Crippen LogP contribution in [-0.4, -0.2) is 61.2 Å². The first kappa shape index (κ1) is 22.7. The van der Waals surface area contributed by atoms with Crippen LogP contribution >= 0.6 is 11.3 Å². The molecule has 0 spiro atoms. The molecule has 174 valence electrons. The van der Waals surface area contributed by atoms with Gasteiger partial charge in [-0.1, -0.05) is 6.07 Å². The van der Waals surface area contributed by atoms with Crippen LogP contribution in [0.1, 0.15) is 17.8 Å². The van der Waals surface area contributed by atoms with Crippen molar-refractivity contribution in [3.63, 3.8) is 0 Å². The van der Waals surface area contributed by atoms with Crippen LogP contribution in [0.25, 0.3) is 0 Å².